The number of aromatic nitrogens is 1. The summed E-state index contributed by atoms with van der Waals surface area (Å²) in [5.74, 6) is -0.386. The highest BCUT2D eigenvalue weighted by atomic mass is 16.5. The van der Waals surface area contributed by atoms with Crippen molar-refractivity contribution in [2.24, 2.45) is 7.05 Å². The van der Waals surface area contributed by atoms with Gasteiger partial charge in [-0.15, -0.1) is 0 Å². The average molecular weight is 323 g/mol. The molecule has 24 heavy (non-hydrogen) atoms. The van der Waals surface area contributed by atoms with Crippen molar-refractivity contribution in [1.82, 2.24) is 4.57 Å². The number of hydrogen-bond acceptors (Lipinski definition) is 3. The van der Waals surface area contributed by atoms with Gasteiger partial charge in [-0.25, -0.2) is 4.79 Å². The molecule has 124 valence electrons. The van der Waals surface area contributed by atoms with Crippen LogP contribution in [0.1, 0.15) is 34.1 Å². The Hall–Kier alpha value is -2.59. The lowest BCUT2D eigenvalue weighted by Crippen LogP contribution is -2.08. The molecule has 0 aliphatic heterocycles. The number of nitrogens with zero attached hydrogens (tertiary/aromatic N) is 1. The molecule has 1 N–H and O–H groups in total. The molecule has 0 bridgehead atoms. The van der Waals surface area contributed by atoms with Gasteiger partial charge in [0.1, 0.15) is 0 Å². The highest BCUT2D eigenvalue weighted by Crippen LogP contribution is 2.28. The second-order valence-electron chi connectivity index (χ2n) is 5.77. The molecule has 3 aromatic rings. The van der Waals surface area contributed by atoms with Crippen molar-refractivity contribution in [2.75, 3.05) is 6.61 Å². The van der Waals surface area contributed by atoms with E-state index in [-0.39, 0.29) is 12.6 Å². The molecule has 3 rings (SSSR count). The van der Waals surface area contributed by atoms with E-state index < -0.39 is 0 Å². The molecule has 1 heterocycles. The number of aliphatic hydroxyl groups excluding tert-OH is 1. The van der Waals surface area contributed by atoms with Crippen LogP contribution < -0.4 is 0 Å². The zero-order chi connectivity index (χ0) is 17.1. The zero-order valence-corrected chi connectivity index (χ0v) is 14.0. The summed E-state index contributed by atoms with van der Waals surface area (Å²) in [6.07, 6.45) is 0.825. The van der Waals surface area contributed by atoms with Crippen LogP contribution in [0.2, 0.25) is 0 Å². The summed E-state index contributed by atoms with van der Waals surface area (Å²) in [4.78, 5) is 12.3. The van der Waals surface area contributed by atoms with Gasteiger partial charge in [0, 0.05) is 18.0 Å². The predicted molar refractivity (Wildman–Crippen MR) is 94.0 cm³/mol. The van der Waals surface area contributed by atoms with Gasteiger partial charge in [0.25, 0.3) is 0 Å². The largest absolute Gasteiger partial charge is 0.462 e. The number of aliphatic hydroxyl groups is 1. The SMILES string of the molecule is CCOC(=O)c1c(CO)n(C)c2cc(Cc3ccccc3)ccc12. The molecule has 4 nitrogen and oxygen atoms in total. The first-order valence-electron chi connectivity index (χ1n) is 8.07. The van der Waals surface area contributed by atoms with Crippen LogP contribution >= 0.6 is 0 Å². The molecule has 1 aromatic heterocycles. The molecule has 0 atom stereocenters. The number of aryl methyl sites for hydroxylation is 1. The minimum absolute atomic E-state index is 0.201. The number of rotatable bonds is 5. The molecular formula is C20H21NO3. The number of carbonyl (C=O) groups is 1. The van der Waals surface area contributed by atoms with Crippen molar-refractivity contribution in [2.45, 2.75) is 20.0 Å². The smallest absolute Gasteiger partial charge is 0.340 e. The molecular weight excluding hydrogens is 302 g/mol. The molecule has 0 saturated heterocycles. The van der Waals surface area contributed by atoms with E-state index in [1.807, 2.05) is 41.9 Å². The summed E-state index contributed by atoms with van der Waals surface area (Å²) in [5.41, 5.74) is 4.37. The van der Waals surface area contributed by atoms with Gasteiger partial charge in [-0.1, -0.05) is 42.5 Å². The first kappa shape index (κ1) is 16.3. The van der Waals surface area contributed by atoms with E-state index >= 15 is 0 Å². The quantitative estimate of drug-likeness (QED) is 0.732. The van der Waals surface area contributed by atoms with Crippen LogP contribution in [0.3, 0.4) is 0 Å². The Labute approximate surface area is 141 Å². The predicted octanol–water partition coefficient (Wildman–Crippen LogP) is 3.44. The number of esters is 1. The lowest BCUT2D eigenvalue weighted by atomic mass is 10.0. The van der Waals surface area contributed by atoms with E-state index in [2.05, 4.69) is 18.2 Å². The van der Waals surface area contributed by atoms with Gasteiger partial charge >= 0.3 is 5.97 Å². The van der Waals surface area contributed by atoms with Gasteiger partial charge in [-0.2, -0.15) is 0 Å². The maximum atomic E-state index is 12.3. The van der Waals surface area contributed by atoms with E-state index in [1.165, 1.54) is 5.56 Å². The fraction of sp³-hybridized carbons (Fsp3) is 0.250. The highest BCUT2D eigenvalue weighted by molar-refractivity contribution is 6.06. The Kier molecular flexibility index (Phi) is 4.67. The van der Waals surface area contributed by atoms with Gasteiger partial charge in [0.15, 0.2) is 0 Å². The van der Waals surface area contributed by atoms with Crippen LogP contribution in [0.25, 0.3) is 10.9 Å². The van der Waals surface area contributed by atoms with Crippen LogP contribution in [-0.2, 0) is 24.8 Å². The van der Waals surface area contributed by atoms with Crippen molar-refractivity contribution >= 4 is 16.9 Å². The van der Waals surface area contributed by atoms with Crippen LogP contribution in [0.5, 0.6) is 0 Å². The molecule has 0 aliphatic rings. The van der Waals surface area contributed by atoms with Gasteiger partial charge in [-0.05, 0) is 30.5 Å². The molecule has 0 radical (unpaired) electrons. The molecule has 0 amide bonds. The van der Waals surface area contributed by atoms with Crippen molar-refractivity contribution < 1.29 is 14.6 Å². The van der Waals surface area contributed by atoms with Gasteiger partial charge in [-0.3, -0.25) is 0 Å². The summed E-state index contributed by atoms with van der Waals surface area (Å²) >= 11 is 0. The Morgan fingerprint density at radius 2 is 1.88 bits per heavy atom. The zero-order valence-electron chi connectivity index (χ0n) is 14.0. The summed E-state index contributed by atoms with van der Waals surface area (Å²) < 4.78 is 7.03. The average Bonchev–Trinajstić information content (AvgIpc) is 2.88. The third-order valence-electron chi connectivity index (χ3n) is 4.27. The number of carbonyl (C=O) groups excluding carboxylic acids is 1. The summed E-state index contributed by atoms with van der Waals surface area (Å²) in [6.45, 7) is 1.89. The van der Waals surface area contributed by atoms with E-state index in [9.17, 15) is 9.90 Å². The third kappa shape index (κ3) is 2.93. The first-order chi connectivity index (χ1) is 11.7. The maximum Gasteiger partial charge on any atom is 0.340 e. The summed E-state index contributed by atoms with van der Waals surface area (Å²) in [5, 5.41) is 10.5. The second-order valence-corrected chi connectivity index (χ2v) is 5.77. The number of fused-ring (bicyclic) bond motifs is 1. The van der Waals surface area contributed by atoms with Crippen LogP contribution in [0.15, 0.2) is 48.5 Å². The number of benzene rings is 2. The normalized spacial score (nSPS) is 11.0. The molecule has 0 saturated carbocycles. The molecule has 0 aliphatic carbocycles. The van der Waals surface area contributed by atoms with Crippen LogP contribution in [-0.4, -0.2) is 22.2 Å². The number of hydrogen-bond donors (Lipinski definition) is 1. The Morgan fingerprint density at radius 1 is 1.12 bits per heavy atom. The van der Waals surface area contributed by atoms with Gasteiger partial charge in [0.2, 0.25) is 0 Å². The Bertz CT molecular complexity index is 865. The van der Waals surface area contributed by atoms with E-state index in [4.69, 9.17) is 4.74 Å². The number of ether oxygens (including phenoxy) is 1. The summed E-state index contributed by atoms with van der Waals surface area (Å²) in [7, 11) is 1.86. The second kappa shape index (κ2) is 6.89. The lowest BCUT2D eigenvalue weighted by Gasteiger charge is -2.04. The Morgan fingerprint density at radius 3 is 2.54 bits per heavy atom. The van der Waals surface area contributed by atoms with Crippen molar-refractivity contribution in [3.63, 3.8) is 0 Å². The van der Waals surface area contributed by atoms with Crippen LogP contribution in [0, 0.1) is 0 Å². The van der Waals surface area contributed by atoms with E-state index in [0.29, 0.717) is 17.9 Å². The summed E-state index contributed by atoms with van der Waals surface area (Å²) in [6, 6.07) is 16.3. The lowest BCUT2D eigenvalue weighted by molar-refractivity contribution is 0.0524. The molecule has 4 heteroatoms. The van der Waals surface area contributed by atoms with Gasteiger partial charge < -0.3 is 14.4 Å². The maximum absolute atomic E-state index is 12.3. The third-order valence-corrected chi connectivity index (χ3v) is 4.27. The van der Waals surface area contributed by atoms with E-state index in [0.717, 1.165) is 22.9 Å². The minimum Gasteiger partial charge on any atom is -0.462 e. The topological polar surface area (TPSA) is 51.5 Å². The van der Waals surface area contributed by atoms with E-state index in [1.54, 1.807) is 6.92 Å². The minimum atomic E-state index is -0.386. The molecule has 2 aromatic carbocycles. The van der Waals surface area contributed by atoms with Gasteiger partial charge in [0.05, 0.1) is 24.5 Å². The standard InChI is InChI=1S/C20H21NO3/c1-3-24-20(23)19-16-10-9-15(11-14-7-5-4-6-8-14)12-17(16)21(2)18(19)13-22/h4-10,12,22H,3,11,13H2,1-2H3. The van der Waals surface area contributed by atoms with Crippen molar-refractivity contribution in [1.29, 1.82) is 0 Å². The first-order valence-corrected chi connectivity index (χ1v) is 8.07. The van der Waals surface area contributed by atoms with Crippen LogP contribution in [0.4, 0.5) is 0 Å². The molecule has 0 unspecified atom stereocenters. The van der Waals surface area contributed by atoms with Crippen molar-refractivity contribution in [3.8, 4) is 0 Å². The molecule has 0 fully saturated rings. The molecule has 0 spiro atoms. The highest BCUT2D eigenvalue weighted by Gasteiger charge is 2.21. The van der Waals surface area contributed by atoms with Crippen molar-refractivity contribution in [3.05, 3.63) is 70.9 Å². The fourth-order valence-corrected chi connectivity index (χ4v) is 3.09. The fourth-order valence-electron chi connectivity index (χ4n) is 3.09. The monoisotopic (exact) mass is 323 g/mol. The Balaban J connectivity index is 2.07.